The lowest BCUT2D eigenvalue weighted by molar-refractivity contribution is -0.119. The zero-order chi connectivity index (χ0) is 18.2. The summed E-state index contributed by atoms with van der Waals surface area (Å²) in [5.74, 6) is 0.160. The van der Waals surface area contributed by atoms with Crippen molar-refractivity contribution in [3.05, 3.63) is 48.0 Å². The van der Waals surface area contributed by atoms with Crippen LogP contribution in [0.4, 0.5) is 11.4 Å². The Balaban J connectivity index is 2.29. The van der Waals surface area contributed by atoms with Gasteiger partial charge in [0.1, 0.15) is 18.1 Å². The average Bonchev–Trinajstić information content (AvgIpc) is 2.63. The Kier molecular flexibility index (Phi) is 6.36. The molecule has 2 amide bonds. The van der Waals surface area contributed by atoms with Crippen molar-refractivity contribution < 1.29 is 23.8 Å². The third-order valence-electron chi connectivity index (χ3n) is 3.36. The van der Waals surface area contributed by atoms with Crippen LogP contribution in [0.3, 0.4) is 0 Å². The van der Waals surface area contributed by atoms with Crippen molar-refractivity contribution in [2.75, 3.05) is 38.6 Å². The summed E-state index contributed by atoms with van der Waals surface area (Å²) in [6.45, 7) is -0.0854. The van der Waals surface area contributed by atoms with Crippen LogP contribution >= 0.6 is 0 Å². The molecule has 0 aliphatic rings. The zero-order valence-corrected chi connectivity index (χ0v) is 14.3. The first-order valence-electron chi connectivity index (χ1n) is 7.50. The summed E-state index contributed by atoms with van der Waals surface area (Å²) in [6.07, 6.45) is 0. The zero-order valence-electron chi connectivity index (χ0n) is 14.3. The van der Waals surface area contributed by atoms with Gasteiger partial charge < -0.3 is 24.8 Å². The lowest BCUT2D eigenvalue weighted by Crippen LogP contribution is -2.18. The van der Waals surface area contributed by atoms with Gasteiger partial charge in [-0.15, -0.1) is 0 Å². The van der Waals surface area contributed by atoms with Gasteiger partial charge in [-0.05, 0) is 12.1 Å². The number of benzene rings is 2. The molecular weight excluding hydrogens is 324 g/mol. The van der Waals surface area contributed by atoms with Gasteiger partial charge in [-0.1, -0.05) is 18.2 Å². The lowest BCUT2D eigenvalue weighted by atomic mass is 10.2. The SMILES string of the molecule is COCC(=O)Nc1cc(OC)c(NC(=O)c2ccccc2)cc1OC. The van der Waals surface area contributed by atoms with E-state index in [0.29, 0.717) is 28.4 Å². The Morgan fingerprint density at radius 1 is 0.880 bits per heavy atom. The number of nitrogens with one attached hydrogen (secondary N) is 2. The maximum Gasteiger partial charge on any atom is 0.255 e. The van der Waals surface area contributed by atoms with E-state index in [1.807, 2.05) is 6.07 Å². The van der Waals surface area contributed by atoms with Crippen LogP contribution in [-0.4, -0.2) is 39.8 Å². The molecule has 0 saturated heterocycles. The summed E-state index contributed by atoms with van der Waals surface area (Å²) in [7, 11) is 4.37. The molecule has 0 radical (unpaired) electrons. The molecule has 2 rings (SSSR count). The number of ether oxygens (including phenoxy) is 3. The fourth-order valence-electron chi connectivity index (χ4n) is 2.19. The highest BCUT2D eigenvalue weighted by molar-refractivity contribution is 6.05. The number of hydrogen-bond donors (Lipinski definition) is 2. The van der Waals surface area contributed by atoms with Crippen LogP contribution in [0.5, 0.6) is 11.5 Å². The van der Waals surface area contributed by atoms with E-state index in [9.17, 15) is 9.59 Å². The highest BCUT2D eigenvalue weighted by Crippen LogP contribution is 2.36. The number of amides is 2. The van der Waals surface area contributed by atoms with E-state index in [-0.39, 0.29) is 18.4 Å². The van der Waals surface area contributed by atoms with Gasteiger partial charge in [0, 0.05) is 24.8 Å². The van der Waals surface area contributed by atoms with Gasteiger partial charge >= 0.3 is 0 Å². The molecule has 0 aromatic heterocycles. The second-order valence-corrected chi connectivity index (χ2v) is 5.05. The highest BCUT2D eigenvalue weighted by atomic mass is 16.5. The van der Waals surface area contributed by atoms with E-state index in [2.05, 4.69) is 10.6 Å². The standard InChI is InChI=1S/C18H20N2O5/c1-23-11-17(21)19-13-9-16(25-3)14(10-15(13)24-2)20-18(22)12-7-5-4-6-8-12/h4-10H,11H2,1-3H3,(H,19,21)(H,20,22). The topological polar surface area (TPSA) is 85.9 Å². The Labute approximate surface area is 145 Å². The summed E-state index contributed by atoms with van der Waals surface area (Å²) >= 11 is 0. The quantitative estimate of drug-likeness (QED) is 0.806. The Morgan fingerprint density at radius 2 is 1.44 bits per heavy atom. The highest BCUT2D eigenvalue weighted by Gasteiger charge is 2.16. The van der Waals surface area contributed by atoms with E-state index in [1.165, 1.54) is 21.3 Å². The second-order valence-electron chi connectivity index (χ2n) is 5.05. The van der Waals surface area contributed by atoms with E-state index in [4.69, 9.17) is 14.2 Å². The van der Waals surface area contributed by atoms with Crippen molar-refractivity contribution >= 4 is 23.2 Å². The number of carbonyl (C=O) groups is 2. The molecule has 25 heavy (non-hydrogen) atoms. The Bertz CT molecular complexity index is 747. The summed E-state index contributed by atoms with van der Waals surface area (Å²) in [4.78, 5) is 24.1. The van der Waals surface area contributed by atoms with Crippen molar-refractivity contribution in [1.29, 1.82) is 0 Å². The van der Waals surface area contributed by atoms with Crippen molar-refractivity contribution in [3.8, 4) is 11.5 Å². The lowest BCUT2D eigenvalue weighted by Gasteiger charge is -2.16. The molecule has 7 nitrogen and oxygen atoms in total. The van der Waals surface area contributed by atoms with Gasteiger partial charge in [-0.2, -0.15) is 0 Å². The molecule has 0 spiro atoms. The molecule has 0 heterocycles. The maximum atomic E-state index is 12.3. The van der Waals surface area contributed by atoms with Gasteiger partial charge in [0.2, 0.25) is 5.91 Å². The normalized spacial score (nSPS) is 10.0. The van der Waals surface area contributed by atoms with E-state index in [1.54, 1.807) is 36.4 Å². The number of rotatable bonds is 7. The van der Waals surface area contributed by atoms with E-state index < -0.39 is 0 Å². The van der Waals surface area contributed by atoms with Gasteiger partial charge in [0.25, 0.3) is 5.91 Å². The smallest absolute Gasteiger partial charge is 0.255 e. The molecule has 0 fully saturated rings. The third kappa shape index (κ3) is 4.71. The van der Waals surface area contributed by atoms with Crippen molar-refractivity contribution in [2.45, 2.75) is 0 Å². The molecule has 0 unspecified atom stereocenters. The molecule has 0 aliphatic heterocycles. The Hall–Kier alpha value is -3.06. The van der Waals surface area contributed by atoms with Gasteiger partial charge in [0.15, 0.2) is 0 Å². The minimum atomic E-state index is -0.330. The van der Waals surface area contributed by atoms with Crippen LogP contribution in [-0.2, 0) is 9.53 Å². The van der Waals surface area contributed by atoms with Crippen LogP contribution in [0.25, 0.3) is 0 Å². The minimum absolute atomic E-state index is 0.0854. The molecule has 0 bridgehead atoms. The van der Waals surface area contributed by atoms with Crippen LogP contribution in [0.1, 0.15) is 10.4 Å². The number of methoxy groups -OCH3 is 3. The molecule has 2 N–H and O–H groups in total. The first-order valence-corrected chi connectivity index (χ1v) is 7.50. The molecular formula is C18H20N2O5. The van der Waals surface area contributed by atoms with Gasteiger partial charge in [-0.3, -0.25) is 9.59 Å². The first-order chi connectivity index (χ1) is 12.1. The minimum Gasteiger partial charge on any atom is -0.494 e. The van der Waals surface area contributed by atoms with Crippen LogP contribution in [0.2, 0.25) is 0 Å². The van der Waals surface area contributed by atoms with Crippen molar-refractivity contribution in [1.82, 2.24) is 0 Å². The summed E-state index contributed by atoms with van der Waals surface area (Å²) in [5, 5.41) is 5.44. The predicted octanol–water partition coefficient (Wildman–Crippen LogP) is 2.54. The molecule has 0 aliphatic carbocycles. The molecule has 2 aromatic carbocycles. The summed E-state index contributed by atoms with van der Waals surface area (Å²) < 4.78 is 15.4. The predicted molar refractivity (Wildman–Crippen MR) is 94.4 cm³/mol. The van der Waals surface area contributed by atoms with Gasteiger partial charge in [-0.25, -0.2) is 0 Å². The van der Waals surface area contributed by atoms with Crippen LogP contribution in [0.15, 0.2) is 42.5 Å². The molecule has 7 heteroatoms. The average molecular weight is 344 g/mol. The summed E-state index contributed by atoms with van der Waals surface area (Å²) in [5.41, 5.74) is 1.36. The number of anilines is 2. The number of carbonyl (C=O) groups excluding carboxylic acids is 2. The molecule has 2 aromatic rings. The molecule has 132 valence electrons. The largest absolute Gasteiger partial charge is 0.494 e. The molecule has 0 saturated carbocycles. The fraction of sp³-hybridized carbons (Fsp3) is 0.222. The van der Waals surface area contributed by atoms with Crippen molar-refractivity contribution in [3.63, 3.8) is 0 Å². The van der Waals surface area contributed by atoms with E-state index in [0.717, 1.165) is 0 Å². The number of hydrogen-bond acceptors (Lipinski definition) is 5. The van der Waals surface area contributed by atoms with Crippen LogP contribution in [0, 0.1) is 0 Å². The van der Waals surface area contributed by atoms with Crippen LogP contribution < -0.4 is 20.1 Å². The van der Waals surface area contributed by atoms with Gasteiger partial charge in [0.05, 0.1) is 25.6 Å². The van der Waals surface area contributed by atoms with Crippen molar-refractivity contribution in [2.24, 2.45) is 0 Å². The monoisotopic (exact) mass is 344 g/mol. The first kappa shape index (κ1) is 18.3. The third-order valence-corrected chi connectivity index (χ3v) is 3.36. The second kappa shape index (κ2) is 8.70. The maximum absolute atomic E-state index is 12.3. The fourth-order valence-corrected chi connectivity index (χ4v) is 2.19. The Morgan fingerprint density at radius 3 is 1.96 bits per heavy atom. The van der Waals surface area contributed by atoms with E-state index >= 15 is 0 Å². The summed E-state index contributed by atoms with van der Waals surface area (Å²) in [6, 6.07) is 12.0. The molecule has 0 atom stereocenters.